The van der Waals surface area contributed by atoms with E-state index in [1.54, 1.807) is 0 Å². The van der Waals surface area contributed by atoms with E-state index >= 15 is 0 Å². The van der Waals surface area contributed by atoms with E-state index in [2.05, 4.69) is 4.98 Å². The van der Waals surface area contributed by atoms with Gasteiger partial charge in [-0.1, -0.05) is 0 Å². The van der Waals surface area contributed by atoms with Gasteiger partial charge in [-0.3, -0.25) is 14.3 Å². The maximum atomic E-state index is 11.6. The van der Waals surface area contributed by atoms with Gasteiger partial charge in [-0.05, 0) is 6.42 Å². The van der Waals surface area contributed by atoms with E-state index in [0.29, 0.717) is 6.42 Å². The van der Waals surface area contributed by atoms with Crippen molar-refractivity contribution in [3.63, 3.8) is 0 Å². The van der Waals surface area contributed by atoms with Crippen LogP contribution in [-0.4, -0.2) is 45.2 Å². The monoisotopic (exact) mass is 242 g/mol. The number of aliphatic hydroxyl groups excluding tert-OH is 2. The number of aliphatic hydroxyl groups is 2. The average Bonchev–Trinajstić information content (AvgIpc) is 2.62. The summed E-state index contributed by atoms with van der Waals surface area (Å²) in [5.41, 5.74) is -1.08. The average molecular weight is 242 g/mol. The Kier molecular flexibility index (Phi) is 3.41. The topological polar surface area (TPSA) is 105 Å². The summed E-state index contributed by atoms with van der Waals surface area (Å²) in [6, 6.07) is 0.633. The van der Waals surface area contributed by atoms with Crippen molar-refractivity contribution in [3.8, 4) is 0 Å². The maximum Gasteiger partial charge on any atom is 0.328 e. The number of nitrogens with zero attached hydrogens (tertiary/aromatic N) is 1. The Morgan fingerprint density at radius 3 is 2.94 bits per heavy atom. The van der Waals surface area contributed by atoms with Crippen molar-refractivity contribution in [3.05, 3.63) is 33.1 Å². The zero-order valence-electron chi connectivity index (χ0n) is 9.07. The number of aromatic amines is 1. The molecule has 1 aliphatic heterocycles. The first-order valence-corrected chi connectivity index (χ1v) is 5.35. The van der Waals surface area contributed by atoms with Crippen LogP contribution in [0.3, 0.4) is 0 Å². The summed E-state index contributed by atoms with van der Waals surface area (Å²) in [6.45, 7) is 0.0207. The molecule has 0 saturated carbocycles. The molecule has 0 amide bonds. The van der Waals surface area contributed by atoms with Crippen molar-refractivity contribution in [1.29, 1.82) is 0 Å². The van der Waals surface area contributed by atoms with Gasteiger partial charge >= 0.3 is 5.69 Å². The highest BCUT2D eigenvalue weighted by Gasteiger charge is 2.37. The molecule has 7 heteroatoms. The largest absolute Gasteiger partial charge is 0.396 e. The van der Waals surface area contributed by atoms with Crippen LogP contribution >= 0.6 is 0 Å². The second-order valence-corrected chi connectivity index (χ2v) is 3.96. The van der Waals surface area contributed by atoms with Crippen molar-refractivity contribution in [2.45, 2.75) is 24.7 Å². The van der Waals surface area contributed by atoms with E-state index in [4.69, 9.17) is 9.84 Å². The van der Waals surface area contributed by atoms with Crippen molar-refractivity contribution < 1.29 is 14.9 Å². The molecule has 0 unspecified atom stereocenters. The summed E-state index contributed by atoms with van der Waals surface area (Å²) in [7, 11) is 0. The first-order valence-electron chi connectivity index (χ1n) is 5.35. The molecule has 0 radical (unpaired) electrons. The van der Waals surface area contributed by atoms with E-state index in [-0.39, 0.29) is 13.2 Å². The molecule has 1 aliphatic rings. The Morgan fingerprint density at radius 1 is 1.53 bits per heavy atom. The number of aromatic nitrogens is 2. The van der Waals surface area contributed by atoms with E-state index in [1.165, 1.54) is 16.8 Å². The molecule has 2 rings (SSSR count). The fraction of sp³-hybridized carbons (Fsp3) is 0.600. The third kappa shape index (κ3) is 2.31. The normalized spacial score (nSPS) is 28.5. The minimum atomic E-state index is -0.824. The van der Waals surface area contributed by atoms with Gasteiger partial charge in [0.2, 0.25) is 0 Å². The number of hydrogen-bond acceptors (Lipinski definition) is 5. The number of ether oxygens (including phenoxy) is 1. The first-order chi connectivity index (χ1) is 8.13. The first kappa shape index (κ1) is 12.0. The van der Waals surface area contributed by atoms with Crippen LogP contribution in [0.1, 0.15) is 12.5 Å². The second-order valence-electron chi connectivity index (χ2n) is 3.96. The quantitative estimate of drug-likeness (QED) is 0.581. The van der Waals surface area contributed by atoms with Gasteiger partial charge in [0.25, 0.3) is 5.56 Å². The minimum Gasteiger partial charge on any atom is -0.396 e. The van der Waals surface area contributed by atoms with Crippen molar-refractivity contribution in [1.82, 2.24) is 9.55 Å². The predicted octanol–water partition coefficient (Wildman–Crippen LogP) is -1.78. The molecule has 0 aliphatic carbocycles. The van der Waals surface area contributed by atoms with E-state index in [0.717, 1.165) is 0 Å². The third-order valence-electron chi connectivity index (χ3n) is 2.84. The van der Waals surface area contributed by atoms with Crippen LogP contribution in [0, 0.1) is 0 Å². The lowest BCUT2D eigenvalue weighted by Crippen LogP contribution is -2.38. The summed E-state index contributed by atoms with van der Waals surface area (Å²) >= 11 is 0. The third-order valence-corrected chi connectivity index (χ3v) is 2.84. The highest BCUT2D eigenvalue weighted by molar-refractivity contribution is 4.94. The molecule has 0 bridgehead atoms. The van der Waals surface area contributed by atoms with Crippen LogP contribution in [-0.2, 0) is 4.74 Å². The van der Waals surface area contributed by atoms with Crippen molar-refractivity contribution in [2.24, 2.45) is 0 Å². The Hall–Kier alpha value is -1.44. The van der Waals surface area contributed by atoms with Crippen molar-refractivity contribution in [2.75, 3.05) is 13.2 Å². The molecule has 1 aromatic rings. The molecule has 3 N–H and O–H groups in total. The zero-order valence-corrected chi connectivity index (χ0v) is 9.07. The standard InChI is InChI=1S/C10H14N2O5/c13-4-2-7-9(6(14)5-17-7)12-3-1-8(15)11-10(12)16/h1,3,6-7,9,13-14H,2,4-5H2,(H,11,15,16)/t6-,7+,9+/m0/s1. The van der Waals surface area contributed by atoms with Gasteiger partial charge in [0.15, 0.2) is 0 Å². The smallest absolute Gasteiger partial charge is 0.328 e. The molecule has 7 nitrogen and oxygen atoms in total. The van der Waals surface area contributed by atoms with E-state index < -0.39 is 29.5 Å². The van der Waals surface area contributed by atoms with Crippen molar-refractivity contribution >= 4 is 0 Å². The summed E-state index contributed by atoms with van der Waals surface area (Å²) in [5, 5.41) is 18.7. The van der Waals surface area contributed by atoms with Crippen LogP contribution in [0.5, 0.6) is 0 Å². The van der Waals surface area contributed by atoms with E-state index in [1.807, 2.05) is 0 Å². The highest BCUT2D eigenvalue weighted by Crippen LogP contribution is 2.27. The molecule has 1 saturated heterocycles. The van der Waals surface area contributed by atoms with Crippen LogP contribution in [0.2, 0.25) is 0 Å². The minimum absolute atomic E-state index is 0.0913. The molecular formula is C10H14N2O5. The number of hydrogen-bond donors (Lipinski definition) is 3. The number of H-pyrrole nitrogens is 1. The van der Waals surface area contributed by atoms with Gasteiger partial charge in [-0.25, -0.2) is 4.79 Å². The lowest BCUT2D eigenvalue weighted by atomic mass is 10.1. The van der Waals surface area contributed by atoms with Gasteiger partial charge in [0.1, 0.15) is 6.10 Å². The van der Waals surface area contributed by atoms with Gasteiger partial charge < -0.3 is 14.9 Å². The zero-order chi connectivity index (χ0) is 12.4. The Morgan fingerprint density at radius 2 is 2.29 bits per heavy atom. The van der Waals surface area contributed by atoms with Gasteiger partial charge in [-0.2, -0.15) is 0 Å². The maximum absolute atomic E-state index is 11.6. The number of nitrogens with one attached hydrogen (secondary N) is 1. The molecule has 17 heavy (non-hydrogen) atoms. The predicted molar refractivity (Wildman–Crippen MR) is 57.8 cm³/mol. The molecule has 0 spiro atoms. The molecule has 2 heterocycles. The summed E-state index contributed by atoms with van der Waals surface area (Å²) in [5.74, 6) is 0. The Balaban J connectivity index is 2.36. The lowest BCUT2D eigenvalue weighted by Gasteiger charge is -2.21. The van der Waals surface area contributed by atoms with Crippen LogP contribution < -0.4 is 11.2 Å². The van der Waals surface area contributed by atoms with Crippen LogP contribution in [0.15, 0.2) is 21.9 Å². The molecule has 0 aromatic carbocycles. The second kappa shape index (κ2) is 4.82. The SMILES string of the molecule is O=c1ccn([C@@H]2[C@@H](O)CO[C@@H]2CCO)c(=O)[nH]1. The molecule has 1 aromatic heterocycles. The van der Waals surface area contributed by atoms with Gasteiger partial charge in [0.05, 0.1) is 18.8 Å². The fourth-order valence-corrected chi connectivity index (χ4v) is 2.08. The van der Waals surface area contributed by atoms with Crippen LogP contribution in [0.25, 0.3) is 0 Å². The summed E-state index contributed by atoms with van der Waals surface area (Å²) in [6.07, 6.45) is 0.398. The van der Waals surface area contributed by atoms with Crippen LogP contribution in [0.4, 0.5) is 0 Å². The lowest BCUT2D eigenvalue weighted by molar-refractivity contribution is 0.0664. The molecule has 3 atom stereocenters. The van der Waals surface area contributed by atoms with Gasteiger partial charge in [-0.15, -0.1) is 0 Å². The highest BCUT2D eigenvalue weighted by atomic mass is 16.5. The van der Waals surface area contributed by atoms with Gasteiger partial charge in [0, 0.05) is 18.9 Å². The summed E-state index contributed by atoms with van der Waals surface area (Å²) < 4.78 is 6.53. The molecule has 1 fully saturated rings. The molecular weight excluding hydrogens is 228 g/mol. The Labute approximate surface area is 96.3 Å². The Bertz CT molecular complexity index is 492. The van der Waals surface area contributed by atoms with E-state index in [9.17, 15) is 14.7 Å². The molecule has 94 valence electrons. The number of rotatable bonds is 3. The fourth-order valence-electron chi connectivity index (χ4n) is 2.08. The summed E-state index contributed by atoms with van der Waals surface area (Å²) in [4.78, 5) is 24.7.